The first-order chi connectivity index (χ1) is 7.74. The Morgan fingerprint density at radius 3 is 1.25 bits per heavy atom. The molecule has 0 bridgehead atoms. The molecule has 2 heterocycles. The van der Waals surface area contributed by atoms with Crippen LogP contribution in [0.5, 0.6) is 0 Å². The lowest BCUT2D eigenvalue weighted by Crippen LogP contribution is -2.30. The van der Waals surface area contributed by atoms with Crippen LogP contribution < -0.4 is 0 Å². The fourth-order valence-electron chi connectivity index (χ4n) is 3.02. The summed E-state index contributed by atoms with van der Waals surface area (Å²) in [6.07, 6.45) is 5.54. The summed E-state index contributed by atoms with van der Waals surface area (Å²) in [7, 11) is -2.69. The summed E-state index contributed by atoms with van der Waals surface area (Å²) < 4.78 is 0. The predicted octanol–water partition coefficient (Wildman–Crippen LogP) is 4.00. The highest BCUT2D eigenvalue weighted by Gasteiger charge is 2.35. The zero-order valence-electron chi connectivity index (χ0n) is 10.2. The first-order valence-corrected chi connectivity index (χ1v) is 11.5. The van der Waals surface area contributed by atoms with Crippen molar-refractivity contribution in [2.75, 3.05) is 0 Å². The van der Waals surface area contributed by atoms with E-state index in [0.29, 0.717) is 0 Å². The molecule has 2 fully saturated rings. The van der Waals surface area contributed by atoms with Crippen LogP contribution in [0.1, 0.15) is 25.7 Å². The molecule has 2 aliphatic rings. The van der Waals surface area contributed by atoms with Gasteiger partial charge in [-0.2, -0.15) is 0 Å². The Hall–Kier alpha value is -0.526. The second kappa shape index (κ2) is 4.77. The molecule has 0 atom stereocenters. The summed E-state index contributed by atoms with van der Waals surface area (Å²) in [5, 5.41) is 0. The molecule has 0 nitrogen and oxygen atoms in total. The third-order valence-electron chi connectivity index (χ3n) is 4.33. The van der Waals surface area contributed by atoms with E-state index in [1.807, 2.05) is 0 Å². The van der Waals surface area contributed by atoms with Gasteiger partial charge in [-0.05, 0) is 24.2 Å². The molecule has 0 saturated carbocycles. The summed E-state index contributed by atoms with van der Waals surface area (Å²) >= 11 is 0. The summed E-state index contributed by atoms with van der Waals surface area (Å²) in [4.78, 5) is 0. The standard InChI is InChI=1S/C14H22Si2/c1-3-15(9-5-6-10-15)13-14-16(4-2)11-7-8-12-16/h3-4H,1-2,5-12H2. The quantitative estimate of drug-likeness (QED) is 0.510. The Balaban J connectivity index is 2.18. The minimum Gasteiger partial charge on any atom is -0.133 e. The summed E-state index contributed by atoms with van der Waals surface area (Å²) in [5.41, 5.74) is 12.0. The average molecular weight is 247 g/mol. The summed E-state index contributed by atoms with van der Waals surface area (Å²) in [6.45, 7) is 8.11. The highest BCUT2D eigenvalue weighted by atomic mass is 28.3. The molecule has 0 amide bonds. The van der Waals surface area contributed by atoms with Gasteiger partial charge in [0.05, 0.1) is 0 Å². The molecule has 0 unspecified atom stereocenters. The van der Waals surface area contributed by atoms with Crippen LogP contribution >= 0.6 is 0 Å². The first kappa shape index (κ1) is 11.9. The van der Waals surface area contributed by atoms with Gasteiger partial charge in [0.2, 0.25) is 0 Å². The van der Waals surface area contributed by atoms with Crippen molar-refractivity contribution in [1.29, 1.82) is 0 Å². The molecule has 2 aliphatic heterocycles. The first-order valence-electron chi connectivity index (χ1n) is 6.56. The molecule has 0 N–H and O–H groups in total. The van der Waals surface area contributed by atoms with Crippen molar-refractivity contribution in [2.45, 2.75) is 49.9 Å². The third-order valence-corrected chi connectivity index (χ3v) is 12.4. The van der Waals surface area contributed by atoms with E-state index in [9.17, 15) is 0 Å². The van der Waals surface area contributed by atoms with Crippen LogP contribution in [0.4, 0.5) is 0 Å². The predicted molar refractivity (Wildman–Crippen MR) is 77.4 cm³/mol. The molecular weight excluding hydrogens is 224 g/mol. The lowest BCUT2D eigenvalue weighted by molar-refractivity contribution is 0.935. The van der Waals surface area contributed by atoms with Crippen molar-refractivity contribution in [3.8, 4) is 11.1 Å². The molecule has 0 aliphatic carbocycles. The lowest BCUT2D eigenvalue weighted by Gasteiger charge is -2.17. The molecule has 0 radical (unpaired) electrons. The topological polar surface area (TPSA) is 0 Å². The van der Waals surface area contributed by atoms with E-state index < -0.39 is 16.1 Å². The maximum atomic E-state index is 4.06. The van der Waals surface area contributed by atoms with Crippen molar-refractivity contribution >= 4 is 16.1 Å². The Kier molecular flexibility index (Phi) is 3.56. The van der Waals surface area contributed by atoms with Crippen LogP contribution in [0.2, 0.25) is 24.2 Å². The van der Waals surface area contributed by atoms with Gasteiger partial charge in [-0.3, -0.25) is 0 Å². The van der Waals surface area contributed by atoms with Gasteiger partial charge in [-0.1, -0.05) is 37.1 Å². The lowest BCUT2D eigenvalue weighted by atomic mass is 10.4. The van der Waals surface area contributed by atoms with Crippen LogP contribution in [-0.4, -0.2) is 16.1 Å². The molecule has 0 spiro atoms. The second-order valence-electron chi connectivity index (χ2n) is 5.38. The Morgan fingerprint density at radius 1 is 0.688 bits per heavy atom. The molecule has 0 aromatic heterocycles. The summed E-state index contributed by atoms with van der Waals surface area (Å²) in [5.74, 6) is 0. The van der Waals surface area contributed by atoms with E-state index in [0.717, 1.165) is 0 Å². The minimum atomic E-state index is -1.35. The molecule has 2 heteroatoms. The second-order valence-corrected chi connectivity index (χ2v) is 13.3. The molecule has 16 heavy (non-hydrogen) atoms. The van der Waals surface area contributed by atoms with Crippen molar-refractivity contribution in [3.05, 3.63) is 24.6 Å². The van der Waals surface area contributed by atoms with Crippen molar-refractivity contribution in [2.24, 2.45) is 0 Å². The van der Waals surface area contributed by atoms with E-state index in [-0.39, 0.29) is 0 Å². The normalized spacial score (nSPS) is 25.8. The van der Waals surface area contributed by atoms with Crippen LogP contribution in [0.25, 0.3) is 0 Å². The fraction of sp³-hybridized carbons (Fsp3) is 0.571. The van der Waals surface area contributed by atoms with Gasteiger partial charge in [0.15, 0.2) is 16.1 Å². The fourth-order valence-corrected chi connectivity index (χ4v) is 10.6. The highest BCUT2D eigenvalue weighted by molar-refractivity contribution is 6.97. The zero-order chi connectivity index (χ0) is 11.5. The van der Waals surface area contributed by atoms with Crippen LogP contribution in [0.3, 0.4) is 0 Å². The zero-order valence-corrected chi connectivity index (χ0v) is 12.2. The number of rotatable bonds is 2. The molecule has 0 aromatic carbocycles. The minimum absolute atomic E-state index is 1.35. The molecule has 0 aromatic rings. The van der Waals surface area contributed by atoms with Gasteiger partial charge in [0.25, 0.3) is 0 Å². The van der Waals surface area contributed by atoms with Crippen LogP contribution in [0.15, 0.2) is 24.6 Å². The number of hydrogen-bond acceptors (Lipinski definition) is 0. The average Bonchev–Trinajstić information content (AvgIpc) is 2.97. The van der Waals surface area contributed by atoms with Crippen molar-refractivity contribution in [1.82, 2.24) is 0 Å². The molecule has 86 valence electrons. The van der Waals surface area contributed by atoms with Crippen LogP contribution in [-0.2, 0) is 0 Å². The molecular formula is C14H22Si2. The van der Waals surface area contributed by atoms with Gasteiger partial charge in [0, 0.05) is 0 Å². The highest BCUT2D eigenvalue weighted by Crippen LogP contribution is 2.33. The van der Waals surface area contributed by atoms with Gasteiger partial charge in [0.1, 0.15) is 0 Å². The Morgan fingerprint density at radius 2 is 1.00 bits per heavy atom. The maximum Gasteiger partial charge on any atom is 0.160 e. The Bertz CT molecular complexity index is 301. The van der Waals surface area contributed by atoms with E-state index in [2.05, 4.69) is 35.6 Å². The number of hydrogen-bond donors (Lipinski definition) is 0. The monoisotopic (exact) mass is 246 g/mol. The largest absolute Gasteiger partial charge is 0.160 e. The van der Waals surface area contributed by atoms with Crippen molar-refractivity contribution < 1.29 is 0 Å². The van der Waals surface area contributed by atoms with Gasteiger partial charge >= 0.3 is 0 Å². The Labute approximate surface area is 102 Å². The van der Waals surface area contributed by atoms with Gasteiger partial charge in [-0.25, -0.2) is 0 Å². The van der Waals surface area contributed by atoms with Gasteiger partial charge < -0.3 is 0 Å². The third kappa shape index (κ3) is 2.26. The molecule has 2 rings (SSSR count). The van der Waals surface area contributed by atoms with E-state index in [4.69, 9.17) is 0 Å². The molecule has 2 saturated heterocycles. The van der Waals surface area contributed by atoms with E-state index in [1.54, 1.807) is 0 Å². The van der Waals surface area contributed by atoms with E-state index >= 15 is 0 Å². The van der Waals surface area contributed by atoms with E-state index in [1.165, 1.54) is 49.9 Å². The van der Waals surface area contributed by atoms with Gasteiger partial charge in [-0.15, -0.1) is 24.2 Å². The smallest absolute Gasteiger partial charge is 0.133 e. The van der Waals surface area contributed by atoms with Crippen molar-refractivity contribution in [3.63, 3.8) is 0 Å². The maximum absolute atomic E-state index is 4.06. The SMILES string of the molecule is C=C[Si]1(C#C[Si]2(C=C)CCCC2)CCCC1. The van der Waals surface area contributed by atoms with Crippen LogP contribution in [0, 0.1) is 11.1 Å². The summed E-state index contributed by atoms with van der Waals surface area (Å²) in [6, 6.07) is 5.46.